The zero-order chi connectivity index (χ0) is 19.9. The van der Waals surface area contributed by atoms with Gasteiger partial charge in [-0.3, -0.25) is 4.57 Å². The molecule has 5 nitrogen and oxygen atoms in total. The number of benzene rings is 1. The predicted molar refractivity (Wildman–Crippen MR) is 118 cm³/mol. The van der Waals surface area contributed by atoms with Crippen LogP contribution in [0.15, 0.2) is 41.6 Å². The first kappa shape index (κ1) is 25.8. The van der Waals surface area contributed by atoms with Gasteiger partial charge in [0.15, 0.2) is 0 Å². The fourth-order valence-electron chi connectivity index (χ4n) is 2.37. The van der Waals surface area contributed by atoms with E-state index < -0.39 is 7.37 Å². The molecule has 1 aromatic rings. The van der Waals surface area contributed by atoms with Crippen LogP contribution in [-0.4, -0.2) is 29.1 Å². The van der Waals surface area contributed by atoms with Crippen molar-refractivity contribution in [3.63, 3.8) is 0 Å². The lowest BCUT2D eigenvalue weighted by Gasteiger charge is -2.18. The van der Waals surface area contributed by atoms with E-state index in [4.69, 9.17) is 4.74 Å². The first-order valence-corrected chi connectivity index (χ1v) is 11.2. The van der Waals surface area contributed by atoms with Crippen molar-refractivity contribution in [2.75, 3.05) is 13.0 Å². The second-order valence-corrected chi connectivity index (χ2v) is 9.40. The quantitative estimate of drug-likeness (QED) is 0.331. The maximum Gasteiger partial charge on any atom is 0.216 e. The highest BCUT2D eigenvalue weighted by molar-refractivity contribution is 8.93. The zero-order valence-electron chi connectivity index (χ0n) is 17.0. The Morgan fingerprint density at radius 3 is 2.48 bits per heavy atom. The second-order valence-electron chi connectivity index (χ2n) is 6.98. The summed E-state index contributed by atoms with van der Waals surface area (Å²) in [6, 6.07) is 5.27. The number of hydrogen-bond donors (Lipinski definition) is 3. The Kier molecular flexibility index (Phi) is 11.0. The standard InChI is InChI=1S/C20H32NO4P.BrH/c1-7-8-17(21-13-26(6,23)24)11-15(4)16(5)25-18-9-10-20(22)19(12-18)14(2)3;/h8-12,14,16,21-22H,7,13H2,1-6H3,(H,23,24);1H/b15-11-,17-8+;. The molecule has 1 rings (SSSR count). The molecule has 2 unspecified atom stereocenters. The van der Waals surface area contributed by atoms with Crippen molar-refractivity contribution in [3.05, 3.63) is 47.2 Å². The molecular weight excluding hydrogens is 429 g/mol. The van der Waals surface area contributed by atoms with Gasteiger partial charge in [-0.2, -0.15) is 0 Å². The number of aromatic hydroxyl groups is 1. The molecule has 0 aliphatic rings. The van der Waals surface area contributed by atoms with E-state index in [0.717, 1.165) is 23.3 Å². The van der Waals surface area contributed by atoms with Gasteiger partial charge in [0.1, 0.15) is 17.6 Å². The number of allylic oxidation sites excluding steroid dienone is 2. The summed E-state index contributed by atoms with van der Waals surface area (Å²) >= 11 is 0. The summed E-state index contributed by atoms with van der Waals surface area (Å²) in [6.07, 6.45) is 4.59. The summed E-state index contributed by atoms with van der Waals surface area (Å²) in [5, 5.41) is 13.0. The molecule has 27 heavy (non-hydrogen) atoms. The average Bonchev–Trinajstić information content (AvgIpc) is 2.53. The van der Waals surface area contributed by atoms with E-state index >= 15 is 0 Å². The first-order chi connectivity index (χ1) is 12.0. The number of ether oxygens (including phenoxy) is 1. The second kappa shape index (κ2) is 11.6. The van der Waals surface area contributed by atoms with Gasteiger partial charge < -0.3 is 20.1 Å². The monoisotopic (exact) mass is 461 g/mol. The third-order valence-electron chi connectivity index (χ3n) is 3.96. The summed E-state index contributed by atoms with van der Waals surface area (Å²) < 4.78 is 17.5. The molecule has 0 saturated carbocycles. The predicted octanol–water partition coefficient (Wildman–Crippen LogP) is 5.55. The highest BCUT2D eigenvalue weighted by Gasteiger charge is 2.13. The van der Waals surface area contributed by atoms with Crippen LogP contribution < -0.4 is 10.1 Å². The van der Waals surface area contributed by atoms with Crippen molar-refractivity contribution in [2.24, 2.45) is 0 Å². The van der Waals surface area contributed by atoms with Crippen LogP contribution in [0.3, 0.4) is 0 Å². The number of phenols is 1. The molecule has 154 valence electrons. The Balaban J connectivity index is 0.00000676. The van der Waals surface area contributed by atoms with E-state index in [1.54, 1.807) is 12.1 Å². The van der Waals surface area contributed by atoms with Crippen molar-refractivity contribution in [1.29, 1.82) is 0 Å². The Hall–Kier alpha value is -1.23. The molecule has 0 amide bonds. The van der Waals surface area contributed by atoms with Crippen LogP contribution >= 0.6 is 24.4 Å². The smallest absolute Gasteiger partial charge is 0.216 e. The van der Waals surface area contributed by atoms with Gasteiger partial charge in [-0.15, -0.1) is 17.0 Å². The number of rotatable bonds is 9. The normalized spacial score (nSPS) is 15.7. The van der Waals surface area contributed by atoms with E-state index in [9.17, 15) is 14.6 Å². The third-order valence-corrected chi connectivity index (χ3v) is 4.70. The van der Waals surface area contributed by atoms with E-state index in [-0.39, 0.29) is 41.0 Å². The molecule has 0 bridgehead atoms. The van der Waals surface area contributed by atoms with Crippen molar-refractivity contribution in [2.45, 2.75) is 53.1 Å². The molecule has 0 radical (unpaired) electrons. The Morgan fingerprint density at radius 1 is 1.33 bits per heavy atom. The summed E-state index contributed by atoms with van der Waals surface area (Å²) in [7, 11) is -3.12. The Bertz CT molecular complexity index is 710. The van der Waals surface area contributed by atoms with Gasteiger partial charge in [-0.05, 0) is 56.0 Å². The fourth-order valence-corrected chi connectivity index (χ4v) is 2.84. The van der Waals surface area contributed by atoms with Crippen LogP contribution in [0, 0.1) is 0 Å². The van der Waals surface area contributed by atoms with Crippen LogP contribution in [0.25, 0.3) is 0 Å². The topological polar surface area (TPSA) is 78.8 Å². The molecule has 0 fully saturated rings. The van der Waals surface area contributed by atoms with Gasteiger partial charge in [0.25, 0.3) is 0 Å². The van der Waals surface area contributed by atoms with Gasteiger partial charge in [-0.1, -0.05) is 26.8 Å². The third kappa shape index (κ3) is 9.50. The first-order valence-electron chi connectivity index (χ1n) is 8.94. The molecule has 0 saturated heterocycles. The van der Waals surface area contributed by atoms with Gasteiger partial charge in [0.2, 0.25) is 7.37 Å². The minimum absolute atomic E-state index is 0. The fraction of sp³-hybridized carbons (Fsp3) is 0.500. The maximum atomic E-state index is 11.5. The lowest BCUT2D eigenvalue weighted by Crippen LogP contribution is -2.17. The Labute approximate surface area is 173 Å². The molecule has 2 atom stereocenters. The molecule has 0 spiro atoms. The maximum absolute atomic E-state index is 11.5. The summed E-state index contributed by atoms with van der Waals surface area (Å²) in [4.78, 5) is 9.47. The number of halogens is 1. The summed E-state index contributed by atoms with van der Waals surface area (Å²) in [6.45, 7) is 11.3. The van der Waals surface area contributed by atoms with Crippen molar-refractivity contribution < 1.29 is 19.3 Å². The molecule has 7 heteroatoms. The van der Waals surface area contributed by atoms with Gasteiger partial charge in [0.05, 0.1) is 6.29 Å². The largest absolute Gasteiger partial charge is 0.508 e. The van der Waals surface area contributed by atoms with Crippen molar-refractivity contribution in [1.82, 2.24) is 5.32 Å². The summed E-state index contributed by atoms with van der Waals surface area (Å²) in [5.41, 5.74) is 2.65. The van der Waals surface area contributed by atoms with Crippen LogP contribution in [0.5, 0.6) is 11.5 Å². The highest BCUT2D eigenvalue weighted by Crippen LogP contribution is 2.33. The highest BCUT2D eigenvalue weighted by atomic mass is 79.9. The minimum Gasteiger partial charge on any atom is -0.508 e. The van der Waals surface area contributed by atoms with Crippen LogP contribution in [-0.2, 0) is 4.57 Å². The van der Waals surface area contributed by atoms with Gasteiger partial charge >= 0.3 is 0 Å². The SMILES string of the molecule is Br.CC/C=C(\C=C(\C)C(C)Oc1ccc(O)c(C(C)C)c1)NCP(C)(=O)O. The summed E-state index contributed by atoms with van der Waals surface area (Å²) in [5.74, 6) is 1.18. The van der Waals surface area contributed by atoms with E-state index in [0.29, 0.717) is 5.75 Å². The molecular formula is C20H33BrNO4P. The molecule has 0 aromatic heterocycles. The molecule has 0 aliphatic carbocycles. The Morgan fingerprint density at radius 2 is 1.96 bits per heavy atom. The van der Waals surface area contributed by atoms with Crippen LogP contribution in [0.4, 0.5) is 0 Å². The van der Waals surface area contributed by atoms with Gasteiger partial charge in [0, 0.05) is 17.9 Å². The molecule has 3 N–H and O–H groups in total. The zero-order valence-corrected chi connectivity index (χ0v) is 19.6. The van der Waals surface area contributed by atoms with Crippen LogP contribution in [0.2, 0.25) is 0 Å². The van der Waals surface area contributed by atoms with Crippen molar-refractivity contribution >= 4 is 24.4 Å². The van der Waals surface area contributed by atoms with E-state index in [1.165, 1.54) is 6.66 Å². The lowest BCUT2D eigenvalue weighted by atomic mass is 10.0. The van der Waals surface area contributed by atoms with E-state index in [2.05, 4.69) is 5.32 Å². The van der Waals surface area contributed by atoms with Gasteiger partial charge in [-0.25, -0.2) is 0 Å². The number of hydrogen-bond acceptors (Lipinski definition) is 4. The number of nitrogens with one attached hydrogen (secondary N) is 1. The number of phenolic OH excluding ortho intramolecular Hbond substituents is 1. The minimum atomic E-state index is -3.12. The average molecular weight is 462 g/mol. The molecule has 1 aromatic carbocycles. The van der Waals surface area contributed by atoms with Crippen molar-refractivity contribution in [3.8, 4) is 11.5 Å². The molecule has 0 aliphatic heterocycles. The molecule has 0 heterocycles. The van der Waals surface area contributed by atoms with Crippen LogP contribution in [0.1, 0.15) is 52.5 Å². The lowest BCUT2D eigenvalue weighted by molar-refractivity contribution is 0.256. The van der Waals surface area contributed by atoms with E-state index in [1.807, 2.05) is 52.8 Å².